The molecule has 2 heterocycles. The highest BCUT2D eigenvalue weighted by atomic mass is 79.9. The van der Waals surface area contributed by atoms with E-state index in [0.29, 0.717) is 52.7 Å². The Hall–Kier alpha value is -1.99. The van der Waals surface area contributed by atoms with Crippen LogP contribution in [-0.2, 0) is 0 Å². The molecule has 1 aromatic carbocycles. The Morgan fingerprint density at radius 2 is 2.00 bits per heavy atom. The predicted molar refractivity (Wildman–Crippen MR) is 101 cm³/mol. The van der Waals surface area contributed by atoms with Crippen LogP contribution in [0.3, 0.4) is 0 Å². The maximum atomic E-state index is 12.5. The number of methoxy groups -OCH3 is 1. The highest BCUT2D eigenvalue weighted by Gasteiger charge is 2.27. The second kappa shape index (κ2) is 8.14. The van der Waals surface area contributed by atoms with Crippen molar-refractivity contribution in [1.29, 1.82) is 0 Å². The van der Waals surface area contributed by atoms with Crippen molar-refractivity contribution >= 4 is 39.3 Å². The van der Waals surface area contributed by atoms with Gasteiger partial charge in [0.15, 0.2) is 10.4 Å². The Balaban J connectivity index is 1.58. The maximum absolute atomic E-state index is 12.5. The van der Waals surface area contributed by atoms with Crippen molar-refractivity contribution < 1.29 is 18.7 Å². The highest BCUT2D eigenvalue weighted by Crippen LogP contribution is 2.23. The van der Waals surface area contributed by atoms with Crippen LogP contribution in [0.5, 0.6) is 5.75 Å². The molecule has 0 aliphatic carbocycles. The van der Waals surface area contributed by atoms with Crippen LogP contribution in [0.15, 0.2) is 39.4 Å². The van der Waals surface area contributed by atoms with E-state index in [9.17, 15) is 9.59 Å². The van der Waals surface area contributed by atoms with Crippen molar-refractivity contribution in [3.8, 4) is 5.75 Å². The van der Waals surface area contributed by atoms with E-state index in [-0.39, 0.29) is 17.9 Å². The number of nitrogens with one attached hydrogen (secondary N) is 1. The molecular formula is C18H18BrClN2O4. The molecule has 0 radical (unpaired) electrons. The zero-order valence-electron chi connectivity index (χ0n) is 14.1. The van der Waals surface area contributed by atoms with Crippen LogP contribution in [0.25, 0.3) is 0 Å². The lowest BCUT2D eigenvalue weighted by Crippen LogP contribution is -2.46. The van der Waals surface area contributed by atoms with Gasteiger partial charge >= 0.3 is 0 Å². The summed E-state index contributed by atoms with van der Waals surface area (Å²) in [6, 6.07) is 8.25. The molecule has 0 bridgehead atoms. The van der Waals surface area contributed by atoms with Gasteiger partial charge in [0.25, 0.3) is 11.8 Å². The van der Waals surface area contributed by atoms with Gasteiger partial charge in [0.05, 0.1) is 12.7 Å². The molecule has 6 nitrogen and oxygen atoms in total. The average Bonchev–Trinajstić information content (AvgIpc) is 3.08. The Kier molecular flexibility index (Phi) is 5.88. The number of nitrogens with zero attached hydrogens (tertiary/aromatic N) is 1. The zero-order valence-corrected chi connectivity index (χ0v) is 16.5. The summed E-state index contributed by atoms with van der Waals surface area (Å²) in [6.45, 7) is 1.10. The summed E-state index contributed by atoms with van der Waals surface area (Å²) in [5.41, 5.74) is 0.402. The molecule has 0 atom stereocenters. The molecular weight excluding hydrogens is 424 g/mol. The molecule has 8 heteroatoms. The van der Waals surface area contributed by atoms with E-state index in [2.05, 4.69) is 21.2 Å². The fraction of sp³-hybridized carbons (Fsp3) is 0.333. The lowest BCUT2D eigenvalue weighted by atomic mass is 10.0. The largest absolute Gasteiger partial charge is 0.496 e. The summed E-state index contributed by atoms with van der Waals surface area (Å²) in [6.07, 6.45) is 1.34. The predicted octanol–water partition coefficient (Wildman–Crippen LogP) is 3.74. The van der Waals surface area contributed by atoms with Crippen molar-refractivity contribution in [1.82, 2.24) is 10.2 Å². The number of halogens is 2. The van der Waals surface area contributed by atoms with Gasteiger partial charge in [-0.2, -0.15) is 0 Å². The topological polar surface area (TPSA) is 71.8 Å². The average molecular weight is 442 g/mol. The Bertz CT molecular complexity index is 815. The molecule has 26 heavy (non-hydrogen) atoms. The quantitative estimate of drug-likeness (QED) is 0.784. The normalized spacial score (nSPS) is 15.0. The minimum Gasteiger partial charge on any atom is -0.496 e. The van der Waals surface area contributed by atoms with Crippen molar-refractivity contribution in [2.24, 2.45) is 0 Å². The summed E-state index contributed by atoms with van der Waals surface area (Å²) in [7, 11) is 1.51. The van der Waals surface area contributed by atoms with Gasteiger partial charge in [0, 0.05) is 24.2 Å². The molecule has 1 aliphatic rings. The van der Waals surface area contributed by atoms with Gasteiger partial charge in [-0.05, 0) is 59.1 Å². The summed E-state index contributed by atoms with van der Waals surface area (Å²) in [4.78, 5) is 26.6. The van der Waals surface area contributed by atoms with Crippen LogP contribution in [0.2, 0.25) is 5.02 Å². The molecule has 1 fully saturated rings. The fourth-order valence-electron chi connectivity index (χ4n) is 2.93. The first kappa shape index (κ1) is 18.8. The first-order chi connectivity index (χ1) is 12.5. The number of benzene rings is 1. The molecule has 2 amide bonds. The number of rotatable bonds is 4. The molecule has 1 N–H and O–H groups in total. The Morgan fingerprint density at radius 1 is 1.27 bits per heavy atom. The number of ether oxygens (including phenoxy) is 1. The third kappa shape index (κ3) is 4.22. The van der Waals surface area contributed by atoms with Crippen molar-refractivity contribution in [3.05, 3.63) is 51.3 Å². The number of furan rings is 1. The number of hydrogen-bond donors (Lipinski definition) is 1. The minimum absolute atomic E-state index is 0.0152. The number of likely N-dealkylation sites (tertiary alicyclic amines) is 1. The van der Waals surface area contributed by atoms with Crippen molar-refractivity contribution in [2.75, 3.05) is 20.2 Å². The first-order valence-corrected chi connectivity index (χ1v) is 9.34. The summed E-state index contributed by atoms with van der Waals surface area (Å²) in [5, 5.41) is 3.47. The van der Waals surface area contributed by atoms with Crippen molar-refractivity contribution in [3.63, 3.8) is 0 Å². The minimum atomic E-state index is -0.232. The van der Waals surface area contributed by atoms with Gasteiger partial charge in [-0.15, -0.1) is 0 Å². The SMILES string of the molecule is COc1ccc(Cl)cc1C(=O)NC1CCN(C(=O)c2ccc(Br)o2)CC1. The Morgan fingerprint density at radius 3 is 2.62 bits per heavy atom. The number of carbonyl (C=O) groups excluding carboxylic acids is 2. The van der Waals surface area contributed by atoms with Gasteiger partial charge < -0.3 is 19.4 Å². The second-order valence-corrected chi connectivity index (χ2v) is 7.21. The van der Waals surface area contributed by atoms with E-state index in [1.54, 1.807) is 35.2 Å². The molecule has 2 aromatic rings. The lowest BCUT2D eigenvalue weighted by Gasteiger charge is -2.32. The second-order valence-electron chi connectivity index (χ2n) is 5.99. The standard InChI is InChI=1S/C18H18BrClN2O4/c1-25-14-3-2-11(20)10-13(14)17(23)21-12-6-8-22(9-7-12)18(24)15-4-5-16(19)26-15/h2-5,10,12H,6-9H2,1H3,(H,21,23). The summed E-state index contributed by atoms with van der Waals surface area (Å²) < 4.78 is 11.1. The van der Waals surface area contributed by atoms with Crippen LogP contribution in [0.1, 0.15) is 33.8 Å². The van der Waals surface area contributed by atoms with Gasteiger partial charge in [-0.3, -0.25) is 9.59 Å². The smallest absolute Gasteiger partial charge is 0.289 e. The Labute approximate surface area is 164 Å². The van der Waals surface area contributed by atoms with E-state index in [1.807, 2.05) is 0 Å². The fourth-order valence-corrected chi connectivity index (χ4v) is 3.41. The molecule has 0 spiro atoms. The number of amides is 2. The molecule has 1 aromatic heterocycles. The van der Waals surface area contributed by atoms with E-state index >= 15 is 0 Å². The van der Waals surface area contributed by atoms with Crippen LogP contribution in [0.4, 0.5) is 0 Å². The number of piperidine rings is 1. The van der Waals surface area contributed by atoms with Gasteiger partial charge in [-0.25, -0.2) is 0 Å². The molecule has 3 rings (SSSR count). The van der Waals surface area contributed by atoms with Crippen LogP contribution < -0.4 is 10.1 Å². The van der Waals surface area contributed by atoms with Gasteiger partial charge in [0.2, 0.25) is 0 Å². The number of hydrogen-bond acceptors (Lipinski definition) is 4. The lowest BCUT2D eigenvalue weighted by molar-refractivity contribution is 0.0666. The summed E-state index contributed by atoms with van der Waals surface area (Å²) in [5.74, 6) is 0.409. The molecule has 1 aliphatic heterocycles. The first-order valence-electron chi connectivity index (χ1n) is 8.17. The van der Waals surface area contributed by atoms with Gasteiger partial charge in [-0.1, -0.05) is 11.6 Å². The molecule has 0 unspecified atom stereocenters. The van der Waals surface area contributed by atoms with Crippen LogP contribution in [-0.4, -0.2) is 43.0 Å². The molecule has 138 valence electrons. The summed E-state index contributed by atoms with van der Waals surface area (Å²) >= 11 is 9.18. The van der Waals surface area contributed by atoms with Crippen LogP contribution in [0, 0.1) is 0 Å². The van der Waals surface area contributed by atoms with E-state index in [0.717, 1.165) is 0 Å². The van der Waals surface area contributed by atoms with E-state index in [4.69, 9.17) is 20.8 Å². The number of carbonyl (C=O) groups is 2. The molecule has 1 saturated heterocycles. The van der Waals surface area contributed by atoms with E-state index in [1.165, 1.54) is 7.11 Å². The van der Waals surface area contributed by atoms with Crippen LogP contribution >= 0.6 is 27.5 Å². The monoisotopic (exact) mass is 440 g/mol. The van der Waals surface area contributed by atoms with Gasteiger partial charge in [0.1, 0.15) is 5.75 Å². The third-order valence-corrected chi connectivity index (χ3v) is 4.97. The maximum Gasteiger partial charge on any atom is 0.289 e. The van der Waals surface area contributed by atoms with E-state index < -0.39 is 0 Å². The highest BCUT2D eigenvalue weighted by molar-refractivity contribution is 9.10. The molecule has 0 saturated carbocycles. The third-order valence-electron chi connectivity index (χ3n) is 4.31. The zero-order chi connectivity index (χ0) is 18.7. The van der Waals surface area contributed by atoms with Crippen molar-refractivity contribution in [2.45, 2.75) is 18.9 Å².